The summed E-state index contributed by atoms with van der Waals surface area (Å²) in [4.78, 5) is 11.6. The molecule has 0 heterocycles. The van der Waals surface area contributed by atoms with Crippen LogP contribution in [0.15, 0.2) is 24.3 Å². The van der Waals surface area contributed by atoms with Gasteiger partial charge in [0.15, 0.2) is 11.3 Å². The first kappa shape index (κ1) is 13.0. The Hall–Kier alpha value is -1.07. The maximum atomic E-state index is 12.5. The molecule has 0 spiro atoms. The molecule has 88 valence electrons. The molecule has 0 bridgehead atoms. The Morgan fingerprint density at radius 3 is 2.25 bits per heavy atom. The molecule has 0 aliphatic carbocycles. The maximum absolute atomic E-state index is 12.5. The van der Waals surface area contributed by atoms with E-state index in [1.165, 1.54) is 24.3 Å². The smallest absolute Gasteiger partial charge is 0.311 e. The summed E-state index contributed by atoms with van der Waals surface area (Å²) < 4.78 is 37.5. The third kappa shape index (κ3) is 2.20. The lowest BCUT2D eigenvalue weighted by Gasteiger charge is -2.26. The molecule has 1 aromatic carbocycles. The molecule has 1 atom stereocenters. The number of hydrogen-bond donors (Lipinski definition) is 1. The van der Waals surface area contributed by atoms with Gasteiger partial charge in [-0.25, -0.2) is 0 Å². The van der Waals surface area contributed by atoms with Gasteiger partial charge in [0.05, 0.1) is 5.02 Å². The Bertz CT molecular complexity index is 415. The predicted octanol–water partition coefficient (Wildman–Crippen LogP) is 2.80. The largest absolute Gasteiger partial charge is 0.413 e. The summed E-state index contributed by atoms with van der Waals surface area (Å²) in [5, 5.41) is -0.0478. The van der Waals surface area contributed by atoms with Crippen molar-refractivity contribution < 1.29 is 18.0 Å². The highest BCUT2D eigenvalue weighted by Gasteiger charge is 2.54. The van der Waals surface area contributed by atoms with Gasteiger partial charge in [-0.1, -0.05) is 23.7 Å². The van der Waals surface area contributed by atoms with Crippen LogP contribution in [0.4, 0.5) is 13.2 Å². The van der Waals surface area contributed by atoms with Crippen molar-refractivity contribution in [2.75, 3.05) is 0 Å². The zero-order valence-corrected chi connectivity index (χ0v) is 9.06. The molecular weight excluding hydrogens is 243 g/mol. The average Bonchev–Trinajstić information content (AvgIpc) is 2.15. The molecule has 0 saturated carbocycles. The van der Waals surface area contributed by atoms with Gasteiger partial charge in [0.1, 0.15) is 0 Å². The SMILES string of the molecule is CC(N)(C(=O)c1ccccc1Cl)C(F)(F)F. The molecule has 1 rings (SSSR count). The normalized spacial score (nSPS) is 15.6. The van der Waals surface area contributed by atoms with E-state index in [0.717, 1.165) is 0 Å². The van der Waals surface area contributed by atoms with Gasteiger partial charge in [-0.05, 0) is 19.1 Å². The summed E-state index contributed by atoms with van der Waals surface area (Å²) in [6, 6.07) is 5.48. The van der Waals surface area contributed by atoms with Crippen LogP contribution in [0.5, 0.6) is 0 Å². The first-order valence-corrected chi connectivity index (χ1v) is 4.70. The zero-order valence-electron chi connectivity index (χ0n) is 8.31. The number of carbonyl (C=O) groups is 1. The van der Waals surface area contributed by atoms with Gasteiger partial charge in [-0.2, -0.15) is 13.2 Å². The Kier molecular flexibility index (Phi) is 3.30. The maximum Gasteiger partial charge on any atom is 0.413 e. The quantitative estimate of drug-likeness (QED) is 0.822. The molecular formula is C10H9ClF3NO. The third-order valence-electron chi connectivity index (χ3n) is 2.18. The Morgan fingerprint density at radius 2 is 1.81 bits per heavy atom. The molecule has 2 nitrogen and oxygen atoms in total. The van der Waals surface area contributed by atoms with Gasteiger partial charge >= 0.3 is 6.18 Å². The van der Waals surface area contributed by atoms with Crippen LogP contribution < -0.4 is 5.73 Å². The molecule has 0 aliphatic heterocycles. The Balaban J connectivity index is 3.18. The monoisotopic (exact) mass is 251 g/mol. The van der Waals surface area contributed by atoms with Gasteiger partial charge in [0, 0.05) is 5.56 Å². The van der Waals surface area contributed by atoms with Crippen LogP contribution in [-0.2, 0) is 0 Å². The van der Waals surface area contributed by atoms with E-state index in [4.69, 9.17) is 17.3 Å². The van der Waals surface area contributed by atoms with E-state index in [1.54, 1.807) is 0 Å². The number of benzene rings is 1. The molecule has 0 radical (unpaired) electrons. The minimum absolute atomic E-state index is 0.0478. The van der Waals surface area contributed by atoms with E-state index >= 15 is 0 Å². The molecule has 6 heteroatoms. The van der Waals surface area contributed by atoms with Crippen LogP contribution in [0.2, 0.25) is 5.02 Å². The minimum Gasteiger partial charge on any atom is -0.311 e. The van der Waals surface area contributed by atoms with Crippen LogP contribution in [0.25, 0.3) is 0 Å². The fraction of sp³-hybridized carbons (Fsp3) is 0.300. The molecule has 0 saturated heterocycles. The van der Waals surface area contributed by atoms with Crippen molar-refractivity contribution in [3.63, 3.8) is 0 Å². The number of halogens is 4. The highest BCUT2D eigenvalue weighted by Crippen LogP contribution is 2.32. The van der Waals surface area contributed by atoms with Crippen LogP contribution in [0.1, 0.15) is 17.3 Å². The number of ketones is 1. The van der Waals surface area contributed by atoms with Crippen LogP contribution in [0.3, 0.4) is 0 Å². The van der Waals surface area contributed by atoms with Crippen molar-refractivity contribution in [1.29, 1.82) is 0 Å². The van der Waals surface area contributed by atoms with Gasteiger partial charge in [-0.15, -0.1) is 0 Å². The number of nitrogens with two attached hydrogens (primary N) is 1. The molecule has 0 aliphatic rings. The van der Waals surface area contributed by atoms with Gasteiger partial charge in [0.2, 0.25) is 0 Å². The molecule has 0 amide bonds. The summed E-state index contributed by atoms with van der Waals surface area (Å²) in [5.41, 5.74) is 1.84. The first-order chi connectivity index (χ1) is 7.18. The van der Waals surface area contributed by atoms with Gasteiger partial charge in [0.25, 0.3) is 0 Å². The van der Waals surface area contributed by atoms with Crippen molar-refractivity contribution >= 4 is 17.4 Å². The summed E-state index contributed by atoms with van der Waals surface area (Å²) >= 11 is 5.63. The zero-order chi connectivity index (χ0) is 12.6. The van der Waals surface area contributed by atoms with E-state index in [1.807, 2.05) is 0 Å². The molecule has 0 fully saturated rings. The number of alkyl halides is 3. The van der Waals surface area contributed by atoms with Gasteiger partial charge in [-0.3, -0.25) is 4.79 Å². The topological polar surface area (TPSA) is 43.1 Å². The summed E-state index contributed by atoms with van der Waals surface area (Å²) in [7, 11) is 0. The number of rotatable bonds is 2. The van der Waals surface area contributed by atoms with E-state index in [-0.39, 0.29) is 10.6 Å². The number of carbonyl (C=O) groups excluding carboxylic acids is 1. The second-order valence-electron chi connectivity index (χ2n) is 3.51. The summed E-state index contributed by atoms with van der Waals surface area (Å²) in [5.74, 6) is -1.24. The molecule has 0 aromatic heterocycles. The number of Topliss-reactive ketones (excluding diaryl/α,β-unsaturated/α-hetero) is 1. The van der Waals surface area contributed by atoms with Gasteiger partial charge < -0.3 is 5.73 Å². The Labute approximate surface area is 95.2 Å². The van der Waals surface area contributed by atoms with Crippen LogP contribution in [-0.4, -0.2) is 17.5 Å². The van der Waals surface area contributed by atoms with Crippen LogP contribution in [0, 0.1) is 0 Å². The molecule has 1 aromatic rings. The summed E-state index contributed by atoms with van der Waals surface area (Å²) in [6.07, 6.45) is -4.82. The highest BCUT2D eigenvalue weighted by atomic mass is 35.5. The summed E-state index contributed by atoms with van der Waals surface area (Å²) in [6.45, 7) is 0.624. The van der Waals surface area contributed by atoms with Crippen molar-refractivity contribution in [3.8, 4) is 0 Å². The van der Waals surface area contributed by atoms with E-state index in [0.29, 0.717) is 6.92 Å². The van der Waals surface area contributed by atoms with E-state index in [9.17, 15) is 18.0 Å². The van der Waals surface area contributed by atoms with Crippen molar-refractivity contribution in [2.45, 2.75) is 18.6 Å². The van der Waals surface area contributed by atoms with Crippen molar-refractivity contribution in [2.24, 2.45) is 5.73 Å². The minimum atomic E-state index is -4.82. The third-order valence-corrected chi connectivity index (χ3v) is 2.51. The molecule has 16 heavy (non-hydrogen) atoms. The lowest BCUT2D eigenvalue weighted by Crippen LogP contribution is -2.57. The fourth-order valence-electron chi connectivity index (χ4n) is 1.05. The number of hydrogen-bond acceptors (Lipinski definition) is 2. The highest BCUT2D eigenvalue weighted by molar-refractivity contribution is 6.34. The van der Waals surface area contributed by atoms with Crippen molar-refractivity contribution in [1.82, 2.24) is 0 Å². The fourth-order valence-corrected chi connectivity index (χ4v) is 1.28. The first-order valence-electron chi connectivity index (χ1n) is 4.33. The lowest BCUT2D eigenvalue weighted by molar-refractivity contribution is -0.165. The standard InChI is InChI=1S/C10H9ClF3NO/c1-9(15,10(12,13)14)8(16)6-4-2-3-5-7(6)11/h2-5H,15H2,1H3. The van der Waals surface area contributed by atoms with E-state index < -0.39 is 17.5 Å². The second kappa shape index (κ2) is 4.07. The molecule has 1 unspecified atom stereocenters. The Morgan fingerprint density at radius 1 is 1.31 bits per heavy atom. The molecule has 2 N–H and O–H groups in total. The van der Waals surface area contributed by atoms with E-state index in [2.05, 4.69) is 0 Å². The second-order valence-corrected chi connectivity index (χ2v) is 3.92. The predicted molar refractivity (Wildman–Crippen MR) is 54.4 cm³/mol. The lowest BCUT2D eigenvalue weighted by atomic mass is 9.91. The van der Waals surface area contributed by atoms with Crippen LogP contribution >= 0.6 is 11.6 Å². The van der Waals surface area contributed by atoms with Crippen molar-refractivity contribution in [3.05, 3.63) is 34.9 Å². The average molecular weight is 252 g/mol.